The minimum atomic E-state index is -0.385. The third kappa shape index (κ3) is 3.03. The Morgan fingerprint density at radius 2 is 2.03 bits per heavy atom. The standard InChI is InChI=1S/C26H21N5O4/c1-35-17-6-4-5-15(9-17)10-23(32)29-14-16-11-21(29)24-25(33)31(26(34)30(16)24)22-13-28-20(12-27)18-7-2-3-8-19(18)22/h2-9,13,16,21,33H,10-11,14H2,1H3/t16-,21-/m0/s1. The molecule has 6 rings (SSSR count). The number of rotatable bonds is 4. The highest BCUT2D eigenvalue weighted by Gasteiger charge is 2.49. The summed E-state index contributed by atoms with van der Waals surface area (Å²) >= 11 is 0. The maximum atomic E-state index is 13.5. The summed E-state index contributed by atoms with van der Waals surface area (Å²) in [7, 11) is 1.58. The second kappa shape index (κ2) is 7.74. The summed E-state index contributed by atoms with van der Waals surface area (Å²) in [4.78, 5) is 32.6. The van der Waals surface area contributed by atoms with Gasteiger partial charge >= 0.3 is 5.69 Å². The highest BCUT2D eigenvalue weighted by molar-refractivity contribution is 5.93. The highest BCUT2D eigenvalue weighted by Crippen LogP contribution is 2.49. The first-order valence-electron chi connectivity index (χ1n) is 11.3. The second-order valence-electron chi connectivity index (χ2n) is 8.83. The number of ether oxygens (including phenoxy) is 1. The number of fused-ring (bicyclic) bond motifs is 6. The van der Waals surface area contributed by atoms with Crippen molar-refractivity contribution in [1.29, 1.82) is 5.26 Å². The van der Waals surface area contributed by atoms with Gasteiger partial charge in [0, 0.05) is 17.3 Å². The molecule has 2 aliphatic rings. The first kappa shape index (κ1) is 21.0. The molecule has 4 aromatic rings. The van der Waals surface area contributed by atoms with Crippen molar-refractivity contribution in [3.8, 4) is 23.4 Å². The summed E-state index contributed by atoms with van der Waals surface area (Å²) < 4.78 is 8.09. The van der Waals surface area contributed by atoms with Gasteiger partial charge in [-0.15, -0.1) is 0 Å². The quantitative estimate of drug-likeness (QED) is 0.494. The summed E-state index contributed by atoms with van der Waals surface area (Å²) in [5.41, 5.74) is 1.56. The maximum Gasteiger partial charge on any atom is 0.336 e. The van der Waals surface area contributed by atoms with Crippen LogP contribution >= 0.6 is 0 Å². The smallest absolute Gasteiger partial charge is 0.336 e. The lowest BCUT2D eigenvalue weighted by Gasteiger charge is -2.27. The van der Waals surface area contributed by atoms with E-state index in [0.717, 1.165) is 5.56 Å². The van der Waals surface area contributed by atoms with Crippen LogP contribution in [0.2, 0.25) is 0 Å². The third-order valence-corrected chi connectivity index (χ3v) is 6.99. The number of aromatic hydroxyl groups is 1. The van der Waals surface area contributed by atoms with Crippen molar-refractivity contribution in [3.05, 3.63) is 82.2 Å². The van der Waals surface area contributed by atoms with Gasteiger partial charge in [-0.05, 0) is 24.1 Å². The number of aromatic nitrogens is 3. The van der Waals surface area contributed by atoms with Crippen LogP contribution in [0.25, 0.3) is 16.5 Å². The van der Waals surface area contributed by atoms with E-state index in [1.54, 1.807) is 34.8 Å². The molecule has 2 aromatic heterocycles. The van der Waals surface area contributed by atoms with Crippen LogP contribution in [-0.4, -0.2) is 43.7 Å². The van der Waals surface area contributed by atoms with Gasteiger partial charge in [0.15, 0.2) is 0 Å². The van der Waals surface area contributed by atoms with Crippen LogP contribution in [0.15, 0.2) is 59.5 Å². The van der Waals surface area contributed by atoms with Crippen molar-refractivity contribution in [3.63, 3.8) is 0 Å². The molecule has 9 heteroatoms. The van der Waals surface area contributed by atoms with Crippen molar-refractivity contribution in [1.82, 2.24) is 19.0 Å². The lowest BCUT2D eigenvalue weighted by Crippen LogP contribution is -2.38. The molecule has 1 amide bonds. The van der Waals surface area contributed by atoms with Gasteiger partial charge in [-0.1, -0.05) is 36.4 Å². The number of likely N-dealkylation sites (tertiary alicyclic amines) is 1. The Labute approximate surface area is 200 Å². The molecule has 0 unspecified atom stereocenters. The van der Waals surface area contributed by atoms with Gasteiger partial charge in [-0.2, -0.15) is 5.26 Å². The Morgan fingerprint density at radius 3 is 2.80 bits per heavy atom. The van der Waals surface area contributed by atoms with Crippen LogP contribution in [0.5, 0.6) is 11.6 Å². The van der Waals surface area contributed by atoms with Gasteiger partial charge in [0.2, 0.25) is 11.8 Å². The lowest BCUT2D eigenvalue weighted by atomic mass is 10.1. The Hall–Kier alpha value is -4.58. The summed E-state index contributed by atoms with van der Waals surface area (Å²) in [6.07, 6.45) is 2.23. The molecule has 1 N–H and O–H groups in total. The van der Waals surface area contributed by atoms with Crippen molar-refractivity contribution in [2.45, 2.75) is 24.9 Å². The zero-order chi connectivity index (χ0) is 24.3. The molecule has 174 valence electrons. The zero-order valence-corrected chi connectivity index (χ0v) is 18.9. The molecule has 0 saturated carbocycles. The van der Waals surface area contributed by atoms with E-state index in [9.17, 15) is 20.0 Å². The van der Waals surface area contributed by atoms with E-state index in [-0.39, 0.29) is 41.7 Å². The van der Waals surface area contributed by atoms with Gasteiger partial charge in [0.25, 0.3) is 0 Å². The number of pyridine rings is 1. The monoisotopic (exact) mass is 467 g/mol. The molecule has 1 fully saturated rings. The fraction of sp³-hybridized carbons (Fsp3) is 0.231. The number of nitrogens with zero attached hydrogens (tertiary/aromatic N) is 5. The molecule has 2 bridgehead atoms. The third-order valence-electron chi connectivity index (χ3n) is 6.99. The van der Waals surface area contributed by atoms with E-state index in [0.29, 0.717) is 40.9 Å². The molecule has 1 saturated heterocycles. The number of carbonyl (C=O) groups excluding carboxylic acids is 1. The average Bonchev–Trinajstić information content (AvgIpc) is 3.55. The predicted molar refractivity (Wildman–Crippen MR) is 127 cm³/mol. The van der Waals surface area contributed by atoms with Gasteiger partial charge in [-0.3, -0.25) is 9.36 Å². The number of benzene rings is 2. The van der Waals surface area contributed by atoms with Crippen LogP contribution in [-0.2, 0) is 11.2 Å². The fourth-order valence-corrected chi connectivity index (χ4v) is 5.44. The van der Waals surface area contributed by atoms with E-state index in [4.69, 9.17) is 4.74 Å². The predicted octanol–water partition coefficient (Wildman–Crippen LogP) is 2.84. The molecular formula is C26H21N5O4. The Balaban J connectivity index is 1.39. The van der Waals surface area contributed by atoms with Gasteiger partial charge in [0.05, 0.1) is 37.5 Å². The molecule has 0 spiro atoms. The van der Waals surface area contributed by atoms with Gasteiger partial charge in [0.1, 0.15) is 23.2 Å². The maximum absolute atomic E-state index is 13.5. The lowest BCUT2D eigenvalue weighted by molar-refractivity contribution is -0.132. The first-order chi connectivity index (χ1) is 17.0. The van der Waals surface area contributed by atoms with Crippen LogP contribution in [0.1, 0.15) is 35.5 Å². The number of hydrogen-bond acceptors (Lipinski definition) is 6. The summed E-state index contributed by atoms with van der Waals surface area (Å²) in [5, 5.41) is 21.9. The molecule has 0 aliphatic carbocycles. The molecule has 9 nitrogen and oxygen atoms in total. The fourth-order valence-electron chi connectivity index (χ4n) is 5.44. The molecule has 35 heavy (non-hydrogen) atoms. The number of imidazole rings is 1. The number of methoxy groups -OCH3 is 1. The van der Waals surface area contributed by atoms with Crippen molar-refractivity contribution in [2.24, 2.45) is 0 Å². The summed E-state index contributed by atoms with van der Waals surface area (Å²) in [5.74, 6) is 0.421. The minimum absolute atomic E-state index is 0.0675. The van der Waals surface area contributed by atoms with E-state index < -0.39 is 0 Å². The minimum Gasteiger partial charge on any atom is -0.497 e. The number of hydrogen-bond donors (Lipinski definition) is 1. The van der Waals surface area contributed by atoms with Gasteiger partial charge in [-0.25, -0.2) is 14.3 Å². The van der Waals surface area contributed by atoms with Crippen molar-refractivity contribution >= 4 is 16.7 Å². The van der Waals surface area contributed by atoms with Crippen molar-refractivity contribution < 1.29 is 14.6 Å². The molecule has 2 atom stereocenters. The molecule has 2 aromatic carbocycles. The topological polar surface area (TPSA) is 113 Å². The largest absolute Gasteiger partial charge is 0.497 e. The molecular weight excluding hydrogens is 446 g/mol. The Morgan fingerprint density at radius 1 is 1.23 bits per heavy atom. The van der Waals surface area contributed by atoms with Crippen LogP contribution in [0.3, 0.4) is 0 Å². The average molecular weight is 467 g/mol. The van der Waals surface area contributed by atoms with E-state index in [2.05, 4.69) is 11.1 Å². The SMILES string of the molecule is COc1cccc(CC(=O)N2C[C@@H]3C[C@H]2c2c(O)n(-c4cnc(C#N)c5ccccc45)c(=O)n23)c1. The Bertz CT molecular complexity index is 1610. The summed E-state index contributed by atoms with van der Waals surface area (Å²) in [6, 6.07) is 16.0. The second-order valence-corrected chi connectivity index (χ2v) is 8.83. The normalized spacial score (nSPS) is 18.0. The molecule has 4 heterocycles. The number of amides is 1. The molecule has 2 aliphatic heterocycles. The Kier molecular flexibility index (Phi) is 4.64. The van der Waals surface area contributed by atoms with E-state index in [1.165, 1.54) is 10.8 Å². The molecule has 0 radical (unpaired) electrons. The summed E-state index contributed by atoms with van der Waals surface area (Å²) in [6.45, 7) is 0.413. The van der Waals surface area contributed by atoms with Crippen LogP contribution in [0, 0.1) is 11.3 Å². The van der Waals surface area contributed by atoms with Crippen molar-refractivity contribution in [2.75, 3.05) is 13.7 Å². The number of carbonyl (C=O) groups is 1. The van der Waals surface area contributed by atoms with E-state index >= 15 is 0 Å². The number of nitriles is 1. The van der Waals surface area contributed by atoms with E-state index in [1.807, 2.05) is 30.3 Å². The van der Waals surface area contributed by atoms with Crippen LogP contribution in [0.4, 0.5) is 0 Å². The van der Waals surface area contributed by atoms with Gasteiger partial charge < -0.3 is 14.7 Å². The zero-order valence-electron chi connectivity index (χ0n) is 18.9. The highest BCUT2D eigenvalue weighted by atomic mass is 16.5. The first-order valence-corrected chi connectivity index (χ1v) is 11.3. The van der Waals surface area contributed by atoms with Crippen LogP contribution < -0.4 is 10.4 Å².